The molecule has 4 heteroatoms. The smallest absolute Gasteiger partial charge is 0.147 e. The first-order valence-electron chi connectivity index (χ1n) is 6.43. The Bertz CT molecular complexity index is 542. The van der Waals surface area contributed by atoms with Gasteiger partial charge in [-0.2, -0.15) is 0 Å². The molecule has 0 aliphatic rings. The van der Waals surface area contributed by atoms with Gasteiger partial charge in [-0.25, -0.2) is 4.98 Å². The quantitative estimate of drug-likeness (QED) is 0.859. The number of benzene rings is 1. The lowest BCUT2D eigenvalue weighted by Crippen LogP contribution is -2.09. The van der Waals surface area contributed by atoms with Crippen LogP contribution in [-0.4, -0.2) is 11.1 Å². The summed E-state index contributed by atoms with van der Waals surface area (Å²) in [6.45, 7) is 4.16. The molecule has 2 rings (SSSR count). The van der Waals surface area contributed by atoms with Crippen molar-refractivity contribution in [2.75, 3.05) is 11.1 Å². The third-order valence-corrected chi connectivity index (χ3v) is 2.86. The summed E-state index contributed by atoms with van der Waals surface area (Å²) in [7, 11) is 0. The van der Waals surface area contributed by atoms with E-state index in [1.165, 1.54) is 0 Å². The van der Waals surface area contributed by atoms with Crippen molar-refractivity contribution in [1.82, 2.24) is 4.98 Å². The molecule has 4 nitrogen and oxygen atoms in total. The van der Waals surface area contributed by atoms with Gasteiger partial charge in [-0.3, -0.25) is 0 Å². The van der Waals surface area contributed by atoms with Crippen molar-refractivity contribution in [2.45, 2.75) is 26.4 Å². The Morgan fingerprint density at radius 2 is 2.16 bits per heavy atom. The van der Waals surface area contributed by atoms with Crippen LogP contribution in [0, 0.1) is 0 Å². The third-order valence-electron chi connectivity index (χ3n) is 2.86. The maximum absolute atomic E-state index is 5.80. The van der Waals surface area contributed by atoms with Gasteiger partial charge in [0.15, 0.2) is 0 Å². The molecule has 0 radical (unpaired) electrons. The Morgan fingerprint density at radius 1 is 1.32 bits per heavy atom. The summed E-state index contributed by atoms with van der Waals surface area (Å²) < 4.78 is 5.79. The highest BCUT2D eigenvalue weighted by atomic mass is 16.5. The molecule has 2 aromatic rings. The van der Waals surface area contributed by atoms with Crippen molar-refractivity contribution >= 4 is 17.2 Å². The number of nitrogens with zero attached hydrogens (tertiary/aromatic N) is 1. The highest BCUT2D eigenvalue weighted by Gasteiger charge is 2.03. The Hall–Kier alpha value is -2.23. The molecule has 0 fully saturated rings. The summed E-state index contributed by atoms with van der Waals surface area (Å²) in [5.41, 5.74) is 7.53. The lowest BCUT2D eigenvalue weighted by molar-refractivity contribution is 0.217. The molecule has 1 aromatic carbocycles. The Morgan fingerprint density at radius 3 is 2.89 bits per heavy atom. The number of hydrogen-bond donors (Lipinski definition) is 2. The normalized spacial score (nSPS) is 11.9. The second kappa shape index (κ2) is 6.09. The zero-order valence-electron chi connectivity index (χ0n) is 11.3. The molecule has 0 spiro atoms. The monoisotopic (exact) mass is 257 g/mol. The van der Waals surface area contributed by atoms with Gasteiger partial charge in [-0.1, -0.05) is 13.0 Å². The maximum Gasteiger partial charge on any atom is 0.147 e. The number of pyridine rings is 1. The fraction of sp³-hybridized carbons (Fsp3) is 0.267. The predicted octanol–water partition coefficient (Wildman–Crippen LogP) is 3.58. The number of anilines is 3. The van der Waals surface area contributed by atoms with Crippen LogP contribution in [0.25, 0.3) is 0 Å². The molecular weight excluding hydrogens is 238 g/mol. The van der Waals surface area contributed by atoms with E-state index in [4.69, 9.17) is 10.5 Å². The van der Waals surface area contributed by atoms with Crippen molar-refractivity contribution < 1.29 is 4.74 Å². The molecule has 1 aromatic heterocycles. The second-order valence-corrected chi connectivity index (χ2v) is 4.43. The van der Waals surface area contributed by atoms with Gasteiger partial charge in [-0.05, 0) is 37.6 Å². The molecule has 0 saturated carbocycles. The average Bonchev–Trinajstić information content (AvgIpc) is 2.42. The first-order valence-corrected chi connectivity index (χ1v) is 6.43. The molecule has 1 atom stereocenters. The number of nitrogens with one attached hydrogen (secondary N) is 1. The van der Waals surface area contributed by atoms with Crippen LogP contribution in [0.15, 0.2) is 42.6 Å². The Kier molecular flexibility index (Phi) is 4.23. The van der Waals surface area contributed by atoms with Gasteiger partial charge in [-0.15, -0.1) is 0 Å². The van der Waals surface area contributed by atoms with Crippen molar-refractivity contribution in [3.05, 3.63) is 42.6 Å². The van der Waals surface area contributed by atoms with Gasteiger partial charge in [0.25, 0.3) is 0 Å². The first kappa shape index (κ1) is 13.2. The van der Waals surface area contributed by atoms with Crippen molar-refractivity contribution in [1.29, 1.82) is 0 Å². The minimum Gasteiger partial charge on any atom is -0.491 e. The molecule has 0 bridgehead atoms. The van der Waals surface area contributed by atoms with Crippen LogP contribution >= 0.6 is 0 Å². The van der Waals surface area contributed by atoms with E-state index in [9.17, 15) is 0 Å². The van der Waals surface area contributed by atoms with Crippen LogP contribution in [0.4, 0.5) is 17.2 Å². The van der Waals surface area contributed by atoms with Crippen molar-refractivity contribution in [2.24, 2.45) is 0 Å². The largest absolute Gasteiger partial charge is 0.491 e. The fourth-order valence-electron chi connectivity index (χ4n) is 1.64. The summed E-state index contributed by atoms with van der Waals surface area (Å²) in [6.07, 6.45) is 2.86. The molecule has 0 amide bonds. The lowest BCUT2D eigenvalue weighted by atomic mass is 10.2. The minimum atomic E-state index is 0.207. The van der Waals surface area contributed by atoms with Crippen LogP contribution in [0.1, 0.15) is 20.3 Å². The molecule has 0 saturated heterocycles. The van der Waals surface area contributed by atoms with Gasteiger partial charge in [0.05, 0.1) is 11.8 Å². The fourth-order valence-corrected chi connectivity index (χ4v) is 1.64. The molecule has 1 unspecified atom stereocenters. The van der Waals surface area contributed by atoms with Crippen LogP contribution in [-0.2, 0) is 0 Å². The van der Waals surface area contributed by atoms with E-state index in [1.807, 2.05) is 36.4 Å². The Balaban J connectivity index is 2.13. The van der Waals surface area contributed by atoms with Gasteiger partial charge in [0.1, 0.15) is 11.6 Å². The van der Waals surface area contributed by atoms with E-state index in [1.54, 1.807) is 6.20 Å². The standard InChI is InChI=1S/C15H19N3O/c1-3-11(2)19-13-7-4-6-12(10-13)18-14-8-5-9-17-15(14)16/h4-11,18H,3H2,1-2H3,(H2,16,17). The van der Waals surface area contributed by atoms with Gasteiger partial charge in [0.2, 0.25) is 0 Å². The maximum atomic E-state index is 5.80. The van der Waals surface area contributed by atoms with Crippen molar-refractivity contribution in [3.63, 3.8) is 0 Å². The zero-order chi connectivity index (χ0) is 13.7. The van der Waals surface area contributed by atoms with E-state index < -0.39 is 0 Å². The van der Waals surface area contributed by atoms with Crippen LogP contribution in [0.2, 0.25) is 0 Å². The predicted molar refractivity (Wildman–Crippen MR) is 78.8 cm³/mol. The zero-order valence-corrected chi connectivity index (χ0v) is 11.3. The summed E-state index contributed by atoms with van der Waals surface area (Å²) in [6, 6.07) is 11.6. The molecule has 0 aliphatic carbocycles. The first-order chi connectivity index (χ1) is 9.19. The van der Waals surface area contributed by atoms with E-state index in [0.717, 1.165) is 23.5 Å². The van der Waals surface area contributed by atoms with E-state index in [0.29, 0.717) is 5.82 Å². The number of rotatable bonds is 5. The minimum absolute atomic E-state index is 0.207. The van der Waals surface area contributed by atoms with E-state index >= 15 is 0 Å². The molecule has 19 heavy (non-hydrogen) atoms. The van der Waals surface area contributed by atoms with Crippen LogP contribution < -0.4 is 15.8 Å². The SMILES string of the molecule is CCC(C)Oc1cccc(Nc2cccnc2N)c1. The highest BCUT2D eigenvalue weighted by molar-refractivity contribution is 5.69. The average molecular weight is 257 g/mol. The molecular formula is C15H19N3O. The number of nitrogens with two attached hydrogens (primary N) is 1. The van der Waals surface area contributed by atoms with E-state index in [-0.39, 0.29) is 6.10 Å². The number of hydrogen-bond acceptors (Lipinski definition) is 4. The Labute approximate surface area is 113 Å². The summed E-state index contributed by atoms with van der Waals surface area (Å²) in [5.74, 6) is 1.33. The number of aromatic nitrogens is 1. The van der Waals surface area contributed by atoms with Gasteiger partial charge in [0, 0.05) is 18.0 Å². The molecule has 3 N–H and O–H groups in total. The second-order valence-electron chi connectivity index (χ2n) is 4.43. The number of nitrogen functional groups attached to an aromatic ring is 1. The molecule has 100 valence electrons. The van der Waals surface area contributed by atoms with Crippen LogP contribution in [0.3, 0.4) is 0 Å². The number of ether oxygens (including phenoxy) is 1. The molecule has 1 heterocycles. The van der Waals surface area contributed by atoms with Crippen molar-refractivity contribution in [3.8, 4) is 5.75 Å². The van der Waals surface area contributed by atoms with Crippen LogP contribution in [0.5, 0.6) is 5.75 Å². The highest BCUT2D eigenvalue weighted by Crippen LogP contribution is 2.24. The topological polar surface area (TPSA) is 60.2 Å². The third kappa shape index (κ3) is 3.61. The lowest BCUT2D eigenvalue weighted by Gasteiger charge is -2.14. The molecule has 0 aliphatic heterocycles. The van der Waals surface area contributed by atoms with Gasteiger partial charge < -0.3 is 15.8 Å². The summed E-state index contributed by atoms with van der Waals surface area (Å²) >= 11 is 0. The van der Waals surface area contributed by atoms with Gasteiger partial charge >= 0.3 is 0 Å². The summed E-state index contributed by atoms with van der Waals surface area (Å²) in [5, 5.41) is 3.24. The van der Waals surface area contributed by atoms with E-state index in [2.05, 4.69) is 24.1 Å². The summed E-state index contributed by atoms with van der Waals surface area (Å²) in [4.78, 5) is 4.04.